The molecule has 0 fully saturated rings. The minimum absolute atomic E-state index is 0.222. The van der Waals surface area contributed by atoms with E-state index >= 15 is 0 Å². The SMILES string of the molecule is CC(C)CCC(N)c1cccc(OC(F)(F)F)c1. The van der Waals surface area contributed by atoms with E-state index in [9.17, 15) is 13.2 Å². The monoisotopic (exact) mass is 261 g/mol. The van der Waals surface area contributed by atoms with Gasteiger partial charge in [0, 0.05) is 6.04 Å². The van der Waals surface area contributed by atoms with Gasteiger partial charge in [0.05, 0.1) is 0 Å². The zero-order valence-corrected chi connectivity index (χ0v) is 10.5. The molecule has 1 aromatic carbocycles. The second-order valence-electron chi connectivity index (χ2n) is 4.70. The number of hydrogen-bond acceptors (Lipinski definition) is 2. The van der Waals surface area contributed by atoms with E-state index < -0.39 is 6.36 Å². The second kappa shape index (κ2) is 6.09. The molecule has 0 aromatic heterocycles. The van der Waals surface area contributed by atoms with E-state index in [1.807, 2.05) is 0 Å². The lowest BCUT2D eigenvalue weighted by Crippen LogP contribution is -2.18. The molecule has 18 heavy (non-hydrogen) atoms. The fourth-order valence-electron chi connectivity index (χ4n) is 1.62. The average Bonchev–Trinajstić information content (AvgIpc) is 2.23. The predicted molar refractivity (Wildman–Crippen MR) is 64.1 cm³/mol. The molecule has 0 saturated heterocycles. The molecule has 0 heterocycles. The van der Waals surface area contributed by atoms with Crippen molar-refractivity contribution in [1.82, 2.24) is 0 Å². The fourth-order valence-corrected chi connectivity index (χ4v) is 1.62. The van der Waals surface area contributed by atoms with Gasteiger partial charge in [-0.15, -0.1) is 13.2 Å². The molecule has 1 unspecified atom stereocenters. The van der Waals surface area contributed by atoms with Crippen LogP contribution in [0.15, 0.2) is 24.3 Å². The van der Waals surface area contributed by atoms with Crippen LogP contribution in [0.1, 0.15) is 38.3 Å². The Morgan fingerprint density at radius 1 is 1.22 bits per heavy atom. The highest BCUT2D eigenvalue weighted by Crippen LogP contribution is 2.26. The lowest BCUT2D eigenvalue weighted by Gasteiger charge is -2.15. The van der Waals surface area contributed by atoms with E-state index in [1.54, 1.807) is 6.07 Å². The quantitative estimate of drug-likeness (QED) is 0.868. The highest BCUT2D eigenvalue weighted by Gasteiger charge is 2.31. The Kier molecular flexibility index (Phi) is 5.02. The summed E-state index contributed by atoms with van der Waals surface area (Å²) in [5, 5.41) is 0. The van der Waals surface area contributed by atoms with Crippen LogP contribution in [0.5, 0.6) is 5.75 Å². The zero-order chi connectivity index (χ0) is 13.8. The molecule has 1 rings (SSSR count). The Hall–Kier alpha value is -1.23. The number of nitrogens with two attached hydrogens (primary N) is 1. The number of halogens is 3. The summed E-state index contributed by atoms with van der Waals surface area (Å²) in [7, 11) is 0. The van der Waals surface area contributed by atoms with Gasteiger partial charge in [0.1, 0.15) is 5.75 Å². The maximum Gasteiger partial charge on any atom is 0.573 e. The number of alkyl halides is 3. The summed E-state index contributed by atoms with van der Waals surface area (Å²) in [6.07, 6.45) is -2.99. The topological polar surface area (TPSA) is 35.2 Å². The van der Waals surface area contributed by atoms with Crippen LogP contribution in [0.3, 0.4) is 0 Å². The Bertz CT molecular complexity index is 377. The van der Waals surface area contributed by atoms with Crippen LogP contribution in [0.2, 0.25) is 0 Å². The molecule has 2 N–H and O–H groups in total. The first kappa shape index (κ1) is 14.8. The van der Waals surface area contributed by atoms with Crippen LogP contribution in [0, 0.1) is 5.92 Å². The first-order chi connectivity index (χ1) is 8.28. The van der Waals surface area contributed by atoms with Crippen molar-refractivity contribution in [1.29, 1.82) is 0 Å². The van der Waals surface area contributed by atoms with Gasteiger partial charge in [-0.25, -0.2) is 0 Å². The van der Waals surface area contributed by atoms with Crippen LogP contribution in [-0.2, 0) is 0 Å². The molecule has 0 amide bonds. The molecular formula is C13H18F3NO. The number of rotatable bonds is 5. The van der Waals surface area contributed by atoms with E-state index in [-0.39, 0.29) is 11.8 Å². The van der Waals surface area contributed by atoms with Gasteiger partial charge in [-0.2, -0.15) is 0 Å². The molecule has 5 heteroatoms. The lowest BCUT2D eigenvalue weighted by molar-refractivity contribution is -0.274. The van der Waals surface area contributed by atoms with Crippen molar-refractivity contribution in [2.75, 3.05) is 0 Å². The van der Waals surface area contributed by atoms with E-state index in [0.717, 1.165) is 12.8 Å². The van der Waals surface area contributed by atoms with Gasteiger partial charge in [-0.05, 0) is 36.5 Å². The standard InChI is InChI=1S/C13H18F3NO/c1-9(2)6-7-12(17)10-4-3-5-11(8-10)18-13(14,15)16/h3-5,8-9,12H,6-7,17H2,1-2H3. The van der Waals surface area contributed by atoms with Crippen LogP contribution in [0.25, 0.3) is 0 Å². The predicted octanol–water partition coefficient (Wildman–Crippen LogP) is 4.02. The smallest absolute Gasteiger partial charge is 0.406 e. The molecule has 102 valence electrons. The van der Waals surface area contributed by atoms with Crippen molar-refractivity contribution in [3.63, 3.8) is 0 Å². The van der Waals surface area contributed by atoms with Crippen molar-refractivity contribution in [2.45, 2.75) is 39.1 Å². The van der Waals surface area contributed by atoms with Gasteiger partial charge in [-0.3, -0.25) is 0 Å². The summed E-state index contributed by atoms with van der Waals surface area (Å²) < 4.78 is 40.1. The first-order valence-electron chi connectivity index (χ1n) is 5.89. The highest BCUT2D eigenvalue weighted by molar-refractivity contribution is 5.30. The van der Waals surface area contributed by atoms with Crippen LogP contribution < -0.4 is 10.5 Å². The number of benzene rings is 1. The highest BCUT2D eigenvalue weighted by atomic mass is 19.4. The molecule has 0 saturated carbocycles. The molecule has 1 atom stereocenters. The fraction of sp³-hybridized carbons (Fsp3) is 0.538. The zero-order valence-electron chi connectivity index (χ0n) is 10.5. The molecule has 0 spiro atoms. The third-order valence-corrected chi connectivity index (χ3v) is 2.57. The van der Waals surface area contributed by atoms with Gasteiger partial charge >= 0.3 is 6.36 Å². The maximum absolute atomic E-state index is 12.1. The minimum Gasteiger partial charge on any atom is -0.406 e. The normalized spacial score (nSPS) is 13.7. The van der Waals surface area contributed by atoms with E-state index in [4.69, 9.17) is 5.73 Å². The third kappa shape index (κ3) is 5.40. The Morgan fingerprint density at radius 2 is 1.89 bits per heavy atom. The molecule has 0 radical (unpaired) electrons. The van der Waals surface area contributed by atoms with Gasteiger partial charge in [0.15, 0.2) is 0 Å². The number of hydrogen-bond donors (Lipinski definition) is 1. The lowest BCUT2D eigenvalue weighted by atomic mass is 9.98. The first-order valence-corrected chi connectivity index (χ1v) is 5.89. The Balaban J connectivity index is 2.69. The third-order valence-electron chi connectivity index (χ3n) is 2.57. The van der Waals surface area contributed by atoms with Crippen molar-refractivity contribution in [3.05, 3.63) is 29.8 Å². The molecule has 0 aliphatic carbocycles. The van der Waals surface area contributed by atoms with Crippen molar-refractivity contribution in [3.8, 4) is 5.75 Å². The van der Waals surface area contributed by atoms with E-state index in [2.05, 4.69) is 18.6 Å². The van der Waals surface area contributed by atoms with Gasteiger partial charge in [0.25, 0.3) is 0 Å². The summed E-state index contributed by atoms with van der Waals surface area (Å²) in [5.41, 5.74) is 6.60. The summed E-state index contributed by atoms with van der Waals surface area (Å²) >= 11 is 0. The molecule has 0 aliphatic heterocycles. The van der Waals surface area contributed by atoms with Crippen molar-refractivity contribution in [2.24, 2.45) is 11.7 Å². The van der Waals surface area contributed by atoms with Crippen molar-refractivity contribution >= 4 is 0 Å². The summed E-state index contributed by atoms with van der Waals surface area (Å²) in [5.74, 6) is 0.297. The van der Waals surface area contributed by atoms with E-state index in [0.29, 0.717) is 11.5 Å². The average molecular weight is 261 g/mol. The molecule has 0 aliphatic rings. The largest absolute Gasteiger partial charge is 0.573 e. The molecule has 2 nitrogen and oxygen atoms in total. The minimum atomic E-state index is -4.67. The van der Waals surface area contributed by atoms with Gasteiger partial charge in [-0.1, -0.05) is 26.0 Å². The Morgan fingerprint density at radius 3 is 2.44 bits per heavy atom. The van der Waals surface area contributed by atoms with E-state index in [1.165, 1.54) is 18.2 Å². The van der Waals surface area contributed by atoms with Crippen LogP contribution in [0.4, 0.5) is 13.2 Å². The summed E-state index contributed by atoms with van der Waals surface area (Å²) in [6, 6.07) is 5.59. The van der Waals surface area contributed by atoms with Crippen LogP contribution in [-0.4, -0.2) is 6.36 Å². The number of ether oxygens (including phenoxy) is 1. The molecule has 1 aromatic rings. The maximum atomic E-state index is 12.1. The molecular weight excluding hydrogens is 243 g/mol. The molecule has 0 bridgehead atoms. The van der Waals surface area contributed by atoms with Gasteiger partial charge < -0.3 is 10.5 Å². The van der Waals surface area contributed by atoms with Crippen LogP contribution >= 0.6 is 0 Å². The van der Waals surface area contributed by atoms with Gasteiger partial charge in [0.2, 0.25) is 0 Å². The summed E-state index contributed by atoms with van der Waals surface area (Å²) in [4.78, 5) is 0. The van der Waals surface area contributed by atoms with Crippen molar-refractivity contribution < 1.29 is 17.9 Å². The summed E-state index contributed by atoms with van der Waals surface area (Å²) in [6.45, 7) is 4.16. The second-order valence-corrected chi connectivity index (χ2v) is 4.70. The Labute approximate surface area is 105 Å².